The van der Waals surface area contributed by atoms with Gasteiger partial charge in [-0.05, 0) is 68.2 Å². The summed E-state index contributed by atoms with van der Waals surface area (Å²) in [4.78, 5) is 14.1. The van der Waals surface area contributed by atoms with Crippen molar-refractivity contribution in [3.63, 3.8) is 0 Å². The van der Waals surface area contributed by atoms with E-state index in [4.69, 9.17) is 0 Å². The lowest BCUT2D eigenvalue weighted by molar-refractivity contribution is 0.339. The third-order valence-electron chi connectivity index (χ3n) is 7.63. The van der Waals surface area contributed by atoms with E-state index in [0.717, 1.165) is 67.4 Å². The molecule has 0 bridgehead atoms. The number of aromatic amines is 1. The van der Waals surface area contributed by atoms with Crippen molar-refractivity contribution >= 4 is 26.9 Å². The van der Waals surface area contributed by atoms with Gasteiger partial charge >= 0.3 is 0 Å². The van der Waals surface area contributed by atoms with Crippen LogP contribution in [0.25, 0.3) is 11.0 Å². The van der Waals surface area contributed by atoms with Gasteiger partial charge in [-0.2, -0.15) is 0 Å². The molecule has 9 heteroatoms. The van der Waals surface area contributed by atoms with Gasteiger partial charge in [0.15, 0.2) is 0 Å². The van der Waals surface area contributed by atoms with Crippen LogP contribution in [0.15, 0.2) is 42.9 Å². The number of sulfonamides is 1. The second-order valence-corrected chi connectivity index (χ2v) is 11.6. The molecule has 0 aliphatic heterocycles. The maximum Gasteiger partial charge on any atom is 0.212 e. The number of benzene rings is 1. The predicted octanol–water partition coefficient (Wildman–Crippen LogP) is 4.35. The van der Waals surface area contributed by atoms with Gasteiger partial charge < -0.3 is 9.88 Å². The van der Waals surface area contributed by atoms with Gasteiger partial charge in [-0.15, -0.1) is 0 Å². The van der Waals surface area contributed by atoms with E-state index in [1.54, 1.807) is 18.5 Å². The van der Waals surface area contributed by atoms with E-state index in [1.165, 1.54) is 12.1 Å². The Morgan fingerprint density at radius 2 is 1.82 bits per heavy atom. The zero-order valence-corrected chi connectivity index (χ0v) is 20.3. The third kappa shape index (κ3) is 4.95. The van der Waals surface area contributed by atoms with Crippen molar-refractivity contribution in [1.82, 2.24) is 19.7 Å². The highest BCUT2D eigenvalue weighted by atomic mass is 32.2. The minimum atomic E-state index is -3.39. The molecule has 0 amide bonds. The zero-order chi connectivity index (χ0) is 23.7. The highest BCUT2D eigenvalue weighted by molar-refractivity contribution is 7.89. The molecular weight excluding hydrogens is 453 g/mol. The Hall–Kier alpha value is -2.52. The van der Waals surface area contributed by atoms with Gasteiger partial charge in [-0.3, -0.25) is 0 Å². The van der Waals surface area contributed by atoms with Crippen molar-refractivity contribution in [3.8, 4) is 0 Å². The van der Waals surface area contributed by atoms with Crippen molar-refractivity contribution < 1.29 is 12.8 Å². The smallest absolute Gasteiger partial charge is 0.212 e. The molecule has 2 aromatic heterocycles. The van der Waals surface area contributed by atoms with Gasteiger partial charge in [-0.1, -0.05) is 18.6 Å². The van der Waals surface area contributed by atoms with Crippen molar-refractivity contribution in [3.05, 3.63) is 54.2 Å². The van der Waals surface area contributed by atoms with Crippen LogP contribution < -0.4 is 9.62 Å². The topological polar surface area (TPSA) is 91.0 Å². The predicted molar refractivity (Wildman–Crippen MR) is 132 cm³/mol. The largest absolute Gasteiger partial charge is 0.356 e. The SMILES string of the molecule is CN(c1ncnc2[nH]ccc12)C1CCC(CS(=O)(=O)NC2CCCC2c2ccc(F)cc2)CC1. The number of nitrogens with zero attached hydrogens (tertiary/aromatic N) is 3. The average molecular weight is 486 g/mol. The molecule has 7 nitrogen and oxygen atoms in total. The first-order valence-electron chi connectivity index (χ1n) is 12.2. The number of rotatable bonds is 7. The molecule has 0 radical (unpaired) electrons. The van der Waals surface area contributed by atoms with Gasteiger partial charge in [0, 0.05) is 31.2 Å². The molecular formula is C25H32FN5O2S. The summed E-state index contributed by atoms with van der Waals surface area (Å²) in [7, 11) is -1.32. The van der Waals surface area contributed by atoms with Gasteiger partial charge in [0.05, 0.1) is 11.1 Å². The van der Waals surface area contributed by atoms with E-state index in [2.05, 4.69) is 31.6 Å². The molecule has 2 aliphatic rings. The summed E-state index contributed by atoms with van der Waals surface area (Å²) in [6.07, 6.45) is 9.81. The van der Waals surface area contributed by atoms with E-state index < -0.39 is 10.0 Å². The molecule has 2 N–H and O–H groups in total. The van der Waals surface area contributed by atoms with Crippen LogP contribution in [0, 0.1) is 11.7 Å². The Labute approximate surface area is 200 Å². The van der Waals surface area contributed by atoms with Crippen LogP contribution in [0.4, 0.5) is 10.2 Å². The molecule has 2 atom stereocenters. The molecule has 5 rings (SSSR count). The lowest BCUT2D eigenvalue weighted by Gasteiger charge is -2.35. The molecule has 182 valence electrons. The number of hydrogen-bond donors (Lipinski definition) is 2. The van der Waals surface area contributed by atoms with E-state index in [-0.39, 0.29) is 29.4 Å². The van der Waals surface area contributed by atoms with E-state index >= 15 is 0 Å². The minimum Gasteiger partial charge on any atom is -0.356 e. The van der Waals surface area contributed by atoms with Gasteiger partial charge in [0.2, 0.25) is 10.0 Å². The van der Waals surface area contributed by atoms with Gasteiger partial charge in [0.1, 0.15) is 23.6 Å². The molecule has 2 heterocycles. The Balaban J connectivity index is 1.17. The Kier molecular flexibility index (Phi) is 6.57. The van der Waals surface area contributed by atoms with Crippen LogP contribution in [-0.2, 0) is 10.0 Å². The fourth-order valence-corrected chi connectivity index (χ4v) is 7.60. The fourth-order valence-electron chi connectivity index (χ4n) is 5.81. The molecule has 1 aromatic carbocycles. The number of anilines is 1. The first-order valence-corrected chi connectivity index (χ1v) is 13.8. The quantitative estimate of drug-likeness (QED) is 0.519. The number of hydrogen-bond acceptors (Lipinski definition) is 5. The summed E-state index contributed by atoms with van der Waals surface area (Å²) in [5, 5.41) is 1.01. The maximum atomic E-state index is 13.3. The molecule has 2 saturated carbocycles. The minimum absolute atomic E-state index is 0.109. The highest BCUT2D eigenvalue weighted by Crippen LogP contribution is 2.36. The second-order valence-electron chi connectivity index (χ2n) is 9.82. The summed E-state index contributed by atoms with van der Waals surface area (Å²) in [5.41, 5.74) is 1.84. The molecule has 2 aliphatic carbocycles. The first kappa shape index (κ1) is 23.2. The lowest BCUT2D eigenvalue weighted by atomic mass is 9.86. The standard InChI is InChI=1S/C25H32FN5O2S/c1-31(25-22-13-14-27-24(22)28-16-29-25)20-11-5-17(6-12-20)15-34(32,33)30-23-4-2-3-21(23)18-7-9-19(26)10-8-18/h7-10,13-14,16-17,20-21,23,30H,2-6,11-12,15H2,1H3,(H,27,28,29). The Morgan fingerprint density at radius 3 is 2.59 bits per heavy atom. The molecule has 2 fully saturated rings. The van der Waals surface area contributed by atoms with Crippen molar-refractivity contribution in [2.45, 2.75) is 62.9 Å². The van der Waals surface area contributed by atoms with Crippen LogP contribution in [0.2, 0.25) is 0 Å². The molecule has 3 aromatic rings. The number of fused-ring (bicyclic) bond motifs is 1. The van der Waals surface area contributed by atoms with E-state index in [1.807, 2.05) is 12.3 Å². The summed E-state index contributed by atoms with van der Waals surface area (Å²) >= 11 is 0. The van der Waals surface area contributed by atoms with Crippen LogP contribution in [-0.4, -0.2) is 48.3 Å². The van der Waals surface area contributed by atoms with Crippen LogP contribution >= 0.6 is 0 Å². The monoisotopic (exact) mass is 485 g/mol. The molecule has 34 heavy (non-hydrogen) atoms. The Bertz CT molecular complexity index is 1220. The van der Waals surface area contributed by atoms with Crippen molar-refractivity contribution in [2.75, 3.05) is 17.7 Å². The summed E-state index contributed by atoms with van der Waals surface area (Å²) in [6.45, 7) is 0. The summed E-state index contributed by atoms with van der Waals surface area (Å²) in [5.74, 6) is 1.09. The maximum absolute atomic E-state index is 13.3. The third-order valence-corrected chi connectivity index (χ3v) is 9.20. The van der Waals surface area contributed by atoms with Crippen LogP contribution in [0.5, 0.6) is 0 Å². The number of halogens is 1. The summed E-state index contributed by atoms with van der Waals surface area (Å²) < 4.78 is 42.4. The normalized spacial score (nSPS) is 25.6. The van der Waals surface area contributed by atoms with Crippen LogP contribution in [0.3, 0.4) is 0 Å². The molecule has 0 spiro atoms. The van der Waals surface area contributed by atoms with E-state index in [9.17, 15) is 12.8 Å². The molecule has 2 unspecified atom stereocenters. The van der Waals surface area contributed by atoms with Crippen molar-refractivity contribution in [1.29, 1.82) is 0 Å². The molecule has 0 saturated heterocycles. The zero-order valence-electron chi connectivity index (χ0n) is 19.5. The lowest BCUT2D eigenvalue weighted by Crippen LogP contribution is -2.41. The Morgan fingerprint density at radius 1 is 1.06 bits per heavy atom. The number of nitrogens with one attached hydrogen (secondary N) is 2. The number of aromatic nitrogens is 3. The van der Waals surface area contributed by atoms with Crippen LogP contribution in [0.1, 0.15) is 56.4 Å². The first-order chi connectivity index (χ1) is 16.4. The second kappa shape index (κ2) is 9.62. The number of H-pyrrole nitrogens is 1. The average Bonchev–Trinajstić information content (AvgIpc) is 3.48. The van der Waals surface area contributed by atoms with Gasteiger partial charge in [0.25, 0.3) is 0 Å². The van der Waals surface area contributed by atoms with Crippen molar-refractivity contribution in [2.24, 2.45) is 5.92 Å². The van der Waals surface area contributed by atoms with E-state index in [0.29, 0.717) is 6.04 Å². The van der Waals surface area contributed by atoms with Gasteiger partial charge in [-0.25, -0.2) is 27.5 Å². The fraction of sp³-hybridized carbons (Fsp3) is 0.520. The summed E-state index contributed by atoms with van der Waals surface area (Å²) in [6, 6.07) is 8.69. The highest BCUT2D eigenvalue weighted by Gasteiger charge is 2.34.